The Kier molecular flexibility index (Phi) is 9.88. The number of benzene rings is 1. The van der Waals surface area contributed by atoms with Gasteiger partial charge < -0.3 is 25.0 Å². The maximum absolute atomic E-state index is 14.7. The first kappa shape index (κ1) is 32.6. The van der Waals surface area contributed by atoms with Gasteiger partial charge in [0, 0.05) is 63.1 Å². The van der Waals surface area contributed by atoms with Crippen molar-refractivity contribution in [2.75, 3.05) is 52.4 Å². The van der Waals surface area contributed by atoms with Gasteiger partial charge in [-0.25, -0.2) is 19.0 Å². The molecule has 3 aliphatic heterocycles. The number of carbonyl (C=O) groups is 3. The second-order valence-corrected chi connectivity index (χ2v) is 13.1. The molecule has 0 radical (unpaired) electrons. The fraction of sp³-hybridized carbons (Fsp3) is 0.531. The third kappa shape index (κ3) is 6.89. The molecule has 0 unspecified atom stereocenters. The highest BCUT2D eigenvalue weighted by Gasteiger charge is 2.40. The Hall–Kier alpha value is -3.84. The molecule has 11 nitrogen and oxygen atoms in total. The van der Waals surface area contributed by atoms with E-state index in [2.05, 4.69) is 15.2 Å². The number of ether oxygens (including phenoxy) is 1. The van der Waals surface area contributed by atoms with Crippen molar-refractivity contribution in [3.63, 3.8) is 0 Å². The monoisotopic (exact) mass is 640 g/mol. The molecule has 0 spiro atoms. The van der Waals surface area contributed by atoms with Gasteiger partial charge in [-0.05, 0) is 63.6 Å². The summed E-state index contributed by atoms with van der Waals surface area (Å²) in [5.41, 5.74) is 1.12. The zero-order chi connectivity index (χ0) is 32.3. The van der Waals surface area contributed by atoms with Crippen LogP contribution in [-0.4, -0.2) is 101 Å². The number of thiazole rings is 1. The van der Waals surface area contributed by atoms with Crippen molar-refractivity contribution in [3.05, 3.63) is 63.0 Å². The number of aromatic nitrogens is 1. The Morgan fingerprint density at radius 2 is 1.80 bits per heavy atom. The number of hydrogen-bond acceptors (Lipinski definition) is 9. The largest absolute Gasteiger partial charge is 0.481 e. The van der Waals surface area contributed by atoms with Crippen LogP contribution in [0.25, 0.3) is 0 Å². The summed E-state index contributed by atoms with van der Waals surface area (Å²) in [6.07, 6.45) is 3.01. The van der Waals surface area contributed by atoms with Crippen molar-refractivity contribution in [1.82, 2.24) is 25.0 Å². The average Bonchev–Trinajstić information content (AvgIpc) is 3.57. The van der Waals surface area contributed by atoms with Gasteiger partial charge in [0.2, 0.25) is 0 Å². The van der Waals surface area contributed by atoms with Gasteiger partial charge in [-0.3, -0.25) is 14.7 Å². The highest BCUT2D eigenvalue weighted by molar-refractivity contribution is 7.11. The molecule has 1 aromatic carbocycles. The summed E-state index contributed by atoms with van der Waals surface area (Å²) in [6.45, 7) is 10.8. The molecular formula is C32H41FN6O5S. The third-order valence-electron chi connectivity index (χ3n) is 9.22. The molecule has 13 heteroatoms. The van der Waals surface area contributed by atoms with Crippen LogP contribution >= 0.6 is 11.3 Å². The molecule has 5 rings (SSSR count). The second-order valence-electron chi connectivity index (χ2n) is 12.2. The molecule has 1 aromatic heterocycles. The zero-order valence-corrected chi connectivity index (χ0v) is 27.0. The van der Waals surface area contributed by atoms with Crippen LogP contribution in [0.3, 0.4) is 0 Å². The van der Waals surface area contributed by atoms with Gasteiger partial charge in [-0.1, -0.05) is 12.1 Å². The number of amides is 2. The maximum Gasteiger partial charge on any atom is 0.338 e. The summed E-state index contributed by atoms with van der Waals surface area (Å²) in [7, 11) is 0. The molecule has 2 saturated heterocycles. The number of esters is 1. The van der Waals surface area contributed by atoms with E-state index in [1.165, 1.54) is 17.4 Å². The van der Waals surface area contributed by atoms with Gasteiger partial charge in [-0.2, -0.15) is 0 Å². The SMILES string of the molecule is CCOC(=O)C1=C(CN2CCN(C(=O)N3CCC(C(C)(C)C(=O)O)CC3)CC2)NC(c2nccs2)=N[C@H]1c1cccc(F)c1C. The number of likely N-dealkylation sites (tertiary alicyclic amines) is 1. The first-order chi connectivity index (χ1) is 21.5. The van der Waals surface area contributed by atoms with Crippen molar-refractivity contribution < 1.29 is 28.6 Å². The molecule has 1 atom stereocenters. The number of nitrogens with zero attached hydrogens (tertiary/aromatic N) is 5. The van der Waals surface area contributed by atoms with Crippen molar-refractivity contribution >= 4 is 35.1 Å². The van der Waals surface area contributed by atoms with Crippen molar-refractivity contribution in [1.29, 1.82) is 0 Å². The molecule has 242 valence electrons. The van der Waals surface area contributed by atoms with Crippen LogP contribution in [0.15, 0.2) is 46.0 Å². The van der Waals surface area contributed by atoms with E-state index >= 15 is 0 Å². The standard InChI is InChI=1S/C32H41FN6O5S/c1-5-44-29(40)25-24(35-27(28-34-11-18-45-28)36-26(25)22-7-6-8-23(33)20(22)2)19-37-14-16-39(17-15-37)31(43)38-12-9-21(10-13-38)32(3,4)30(41)42/h6-8,11,18,21,26H,5,9-10,12-17,19H2,1-4H3,(H,35,36)(H,41,42)/t26-/m0/s1. The Labute approximate surface area is 266 Å². The van der Waals surface area contributed by atoms with E-state index in [-0.39, 0.29) is 24.4 Å². The molecule has 3 aliphatic rings. The van der Waals surface area contributed by atoms with Crippen molar-refractivity contribution in [2.45, 2.75) is 46.6 Å². The summed E-state index contributed by atoms with van der Waals surface area (Å²) in [4.78, 5) is 53.6. The normalized spacial score (nSPS) is 20.1. The number of urea groups is 1. The predicted molar refractivity (Wildman–Crippen MR) is 168 cm³/mol. The van der Waals surface area contributed by atoms with Gasteiger partial charge in [-0.15, -0.1) is 11.3 Å². The van der Waals surface area contributed by atoms with Crippen LogP contribution in [0, 0.1) is 24.1 Å². The first-order valence-corrected chi connectivity index (χ1v) is 16.3. The van der Waals surface area contributed by atoms with Crippen LogP contribution in [0.2, 0.25) is 0 Å². The van der Waals surface area contributed by atoms with E-state index in [0.717, 1.165) is 0 Å². The highest BCUT2D eigenvalue weighted by Crippen LogP contribution is 2.37. The maximum atomic E-state index is 14.7. The van der Waals surface area contributed by atoms with Crippen LogP contribution < -0.4 is 5.32 Å². The Morgan fingerprint density at radius 3 is 2.42 bits per heavy atom. The molecular weight excluding hydrogens is 599 g/mol. The smallest absolute Gasteiger partial charge is 0.338 e. The number of piperazine rings is 1. The number of halogens is 1. The van der Waals surface area contributed by atoms with Crippen LogP contribution in [0.4, 0.5) is 9.18 Å². The highest BCUT2D eigenvalue weighted by atomic mass is 32.1. The predicted octanol–water partition coefficient (Wildman–Crippen LogP) is 4.06. The second kappa shape index (κ2) is 13.7. The number of carboxylic acids is 1. The molecule has 0 aliphatic carbocycles. The number of piperidine rings is 1. The molecule has 2 aromatic rings. The number of carboxylic acid groups (broad SMARTS) is 1. The Balaban J connectivity index is 1.32. The lowest BCUT2D eigenvalue weighted by molar-refractivity contribution is -0.151. The fourth-order valence-electron chi connectivity index (χ4n) is 6.25. The summed E-state index contributed by atoms with van der Waals surface area (Å²) < 4.78 is 20.2. The lowest BCUT2D eigenvalue weighted by Crippen LogP contribution is -2.55. The lowest BCUT2D eigenvalue weighted by atomic mass is 9.74. The van der Waals surface area contributed by atoms with Gasteiger partial charge in [0.1, 0.15) is 11.9 Å². The number of aliphatic carboxylic acids is 1. The number of nitrogens with one attached hydrogen (secondary N) is 1. The summed E-state index contributed by atoms with van der Waals surface area (Å²) in [6, 6.07) is 3.98. The Morgan fingerprint density at radius 1 is 1.11 bits per heavy atom. The number of amidine groups is 1. The Bertz CT molecular complexity index is 1480. The molecule has 0 saturated carbocycles. The summed E-state index contributed by atoms with van der Waals surface area (Å²) >= 11 is 1.41. The van der Waals surface area contributed by atoms with E-state index in [1.54, 1.807) is 46.0 Å². The minimum atomic E-state index is -0.818. The zero-order valence-electron chi connectivity index (χ0n) is 26.2. The number of aliphatic imine (C=N–C) groups is 1. The summed E-state index contributed by atoms with van der Waals surface area (Å²) in [5, 5.41) is 15.4. The molecule has 45 heavy (non-hydrogen) atoms. The quantitative estimate of drug-likeness (QED) is 0.414. The minimum absolute atomic E-state index is 0.0247. The van der Waals surface area contributed by atoms with Gasteiger partial charge in [0.15, 0.2) is 10.8 Å². The van der Waals surface area contributed by atoms with Gasteiger partial charge in [0.05, 0.1) is 17.6 Å². The van der Waals surface area contributed by atoms with Crippen LogP contribution in [-0.2, 0) is 14.3 Å². The van der Waals surface area contributed by atoms with E-state index in [1.807, 2.05) is 15.2 Å². The fourth-order valence-corrected chi connectivity index (χ4v) is 6.84. The number of hydrogen-bond donors (Lipinski definition) is 2. The lowest BCUT2D eigenvalue weighted by Gasteiger charge is -2.42. The average molecular weight is 641 g/mol. The van der Waals surface area contributed by atoms with E-state index in [9.17, 15) is 23.9 Å². The number of rotatable bonds is 8. The van der Waals surface area contributed by atoms with E-state index in [0.29, 0.717) is 91.9 Å². The first-order valence-electron chi connectivity index (χ1n) is 15.4. The topological polar surface area (TPSA) is 128 Å². The van der Waals surface area contributed by atoms with E-state index < -0.39 is 23.4 Å². The van der Waals surface area contributed by atoms with Gasteiger partial charge >= 0.3 is 18.0 Å². The van der Waals surface area contributed by atoms with Crippen molar-refractivity contribution in [3.8, 4) is 0 Å². The van der Waals surface area contributed by atoms with E-state index in [4.69, 9.17) is 9.73 Å². The molecule has 0 bridgehead atoms. The minimum Gasteiger partial charge on any atom is -0.481 e. The van der Waals surface area contributed by atoms with Crippen LogP contribution in [0.1, 0.15) is 55.8 Å². The molecule has 2 fully saturated rings. The molecule has 2 amide bonds. The molecule has 2 N–H and O–H groups in total. The number of carbonyl (C=O) groups excluding carboxylic acids is 2. The van der Waals surface area contributed by atoms with Crippen molar-refractivity contribution in [2.24, 2.45) is 16.3 Å². The van der Waals surface area contributed by atoms with Crippen LogP contribution in [0.5, 0.6) is 0 Å². The molecule has 4 heterocycles. The third-order valence-corrected chi connectivity index (χ3v) is 10.0. The summed E-state index contributed by atoms with van der Waals surface area (Å²) in [5.74, 6) is -1.17. The van der Waals surface area contributed by atoms with Gasteiger partial charge in [0.25, 0.3) is 0 Å².